The van der Waals surface area contributed by atoms with Gasteiger partial charge in [-0.15, -0.1) is 0 Å². The predicted molar refractivity (Wildman–Crippen MR) is 231 cm³/mol. The number of aliphatic hydroxyl groups is 1. The molecule has 3 unspecified atom stereocenters. The number of nitrogens with one attached hydrogen (secondary N) is 1. The van der Waals surface area contributed by atoms with Crippen LogP contribution in [0.15, 0.2) is 36.5 Å². The number of rotatable bonds is 42. The highest BCUT2D eigenvalue weighted by Crippen LogP contribution is 2.43. The maximum absolute atomic E-state index is 12.3. The molecule has 332 valence electrons. The third-order valence-electron chi connectivity index (χ3n) is 9.68. The maximum atomic E-state index is 12.3. The molecule has 0 bridgehead atoms. The highest BCUT2D eigenvalue weighted by Gasteiger charge is 2.28. The summed E-state index contributed by atoms with van der Waals surface area (Å²) in [6.07, 6.45) is 43.0. The van der Waals surface area contributed by atoms with Crippen molar-refractivity contribution in [2.75, 3.05) is 19.8 Å². The molecule has 0 aromatic heterocycles. The number of phosphoric ester groups is 1. The fourth-order valence-electron chi connectivity index (χ4n) is 6.15. The van der Waals surface area contributed by atoms with E-state index in [-0.39, 0.29) is 12.8 Å². The van der Waals surface area contributed by atoms with E-state index in [1.807, 2.05) is 0 Å². The van der Waals surface area contributed by atoms with Crippen LogP contribution in [0, 0.1) is 0 Å². The number of carboxylic acid groups (broad SMARTS) is 1. The topological polar surface area (TPSA) is 169 Å². The van der Waals surface area contributed by atoms with E-state index < -0.39 is 57.6 Å². The Morgan fingerprint density at radius 1 is 0.561 bits per heavy atom. The van der Waals surface area contributed by atoms with Gasteiger partial charge in [-0.25, -0.2) is 9.36 Å². The number of amides is 1. The second-order valence-electron chi connectivity index (χ2n) is 15.2. The van der Waals surface area contributed by atoms with E-state index >= 15 is 0 Å². The summed E-state index contributed by atoms with van der Waals surface area (Å²) in [6, 6.07) is -1.55. The normalized spacial score (nSPS) is 14.0. The largest absolute Gasteiger partial charge is 0.480 e. The third-order valence-corrected chi connectivity index (χ3v) is 10.6. The minimum absolute atomic E-state index is 0.131. The molecule has 0 saturated carbocycles. The summed E-state index contributed by atoms with van der Waals surface area (Å²) in [5.74, 6) is -2.39. The number of hydrogen-bond donors (Lipinski definition) is 4. The van der Waals surface area contributed by atoms with Gasteiger partial charge in [-0.3, -0.25) is 18.6 Å². The van der Waals surface area contributed by atoms with Crippen LogP contribution in [-0.2, 0) is 32.7 Å². The molecule has 0 fully saturated rings. The molecule has 0 spiro atoms. The summed E-state index contributed by atoms with van der Waals surface area (Å²) in [6.45, 7) is 2.57. The van der Waals surface area contributed by atoms with E-state index in [0.29, 0.717) is 12.8 Å². The minimum Gasteiger partial charge on any atom is -0.480 e. The third kappa shape index (κ3) is 40.3. The summed E-state index contributed by atoms with van der Waals surface area (Å²) in [5.41, 5.74) is 0. The Morgan fingerprint density at radius 3 is 1.47 bits per heavy atom. The summed E-state index contributed by atoms with van der Waals surface area (Å²) in [7, 11) is -4.76. The lowest BCUT2D eigenvalue weighted by atomic mass is 10.0. The zero-order valence-electron chi connectivity index (χ0n) is 35.9. The van der Waals surface area contributed by atoms with Gasteiger partial charge in [-0.2, -0.15) is 0 Å². The number of ether oxygens (including phenoxy) is 1. The molecule has 11 nitrogen and oxygen atoms in total. The van der Waals surface area contributed by atoms with Crippen LogP contribution in [0.4, 0.5) is 0 Å². The van der Waals surface area contributed by atoms with E-state index in [0.717, 1.165) is 70.6 Å². The van der Waals surface area contributed by atoms with Crippen molar-refractivity contribution in [1.82, 2.24) is 5.32 Å². The molecular weight excluding hydrogens is 745 g/mol. The fraction of sp³-hybridized carbons (Fsp3) is 0.800. The molecule has 4 N–H and O–H groups in total. The van der Waals surface area contributed by atoms with Crippen molar-refractivity contribution in [3.63, 3.8) is 0 Å². The van der Waals surface area contributed by atoms with Crippen LogP contribution in [-0.4, -0.2) is 64.9 Å². The summed E-state index contributed by atoms with van der Waals surface area (Å²) in [5, 5.41) is 21.8. The highest BCUT2D eigenvalue weighted by molar-refractivity contribution is 7.47. The van der Waals surface area contributed by atoms with Gasteiger partial charge in [-0.05, 0) is 51.4 Å². The number of phosphoric acid groups is 1. The van der Waals surface area contributed by atoms with E-state index in [4.69, 9.17) is 13.8 Å². The van der Waals surface area contributed by atoms with Gasteiger partial charge >= 0.3 is 19.8 Å². The second kappa shape index (κ2) is 40.5. The van der Waals surface area contributed by atoms with Crippen LogP contribution < -0.4 is 5.32 Å². The SMILES string of the molecule is CCCCC/C=C\C/C=C\C/C=C\CCCCCCCCC(=O)NC(COP(=O)(O)OCC(O)COC(=O)CCCCCCCCCCCCCCCC)C(=O)O. The molecule has 57 heavy (non-hydrogen) atoms. The lowest BCUT2D eigenvalue weighted by molar-refractivity contribution is -0.147. The van der Waals surface area contributed by atoms with E-state index in [2.05, 4.69) is 55.6 Å². The second-order valence-corrected chi connectivity index (χ2v) is 16.7. The van der Waals surface area contributed by atoms with Crippen LogP contribution in [0.3, 0.4) is 0 Å². The minimum atomic E-state index is -4.76. The Hall–Kier alpha value is -2.30. The fourth-order valence-corrected chi connectivity index (χ4v) is 6.92. The summed E-state index contributed by atoms with van der Waals surface area (Å²) >= 11 is 0. The first-order chi connectivity index (χ1) is 27.6. The van der Waals surface area contributed by atoms with Crippen LogP contribution in [0.25, 0.3) is 0 Å². The van der Waals surface area contributed by atoms with Crippen molar-refractivity contribution < 1.29 is 47.8 Å². The van der Waals surface area contributed by atoms with Gasteiger partial charge in [0.25, 0.3) is 0 Å². The van der Waals surface area contributed by atoms with Crippen molar-refractivity contribution in [2.45, 2.75) is 212 Å². The first kappa shape index (κ1) is 54.7. The molecule has 0 aliphatic heterocycles. The van der Waals surface area contributed by atoms with Crippen molar-refractivity contribution in [3.8, 4) is 0 Å². The lowest BCUT2D eigenvalue weighted by Crippen LogP contribution is -2.43. The summed E-state index contributed by atoms with van der Waals surface area (Å²) in [4.78, 5) is 45.9. The Labute approximate surface area is 346 Å². The van der Waals surface area contributed by atoms with E-state index in [9.17, 15) is 34.1 Å². The molecule has 0 saturated heterocycles. The average Bonchev–Trinajstić information content (AvgIpc) is 3.18. The molecular formula is C45H82NO10P. The number of aliphatic carboxylic acids is 1. The maximum Gasteiger partial charge on any atom is 0.472 e. The summed E-state index contributed by atoms with van der Waals surface area (Å²) < 4.78 is 26.8. The van der Waals surface area contributed by atoms with Crippen LogP contribution in [0.1, 0.15) is 200 Å². The molecule has 0 aliphatic carbocycles. The first-order valence-electron chi connectivity index (χ1n) is 22.5. The lowest BCUT2D eigenvalue weighted by Gasteiger charge is -2.18. The number of aliphatic hydroxyl groups excluding tert-OH is 1. The molecule has 0 heterocycles. The van der Waals surface area contributed by atoms with Crippen LogP contribution in [0.2, 0.25) is 0 Å². The van der Waals surface area contributed by atoms with Gasteiger partial charge in [0.1, 0.15) is 12.7 Å². The molecule has 12 heteroatoms. The number of unbranched alkanes of at least 4 members (excludes halogenated alkanes) is 22. The Balaban J connectivity index is 3.92. The number of esters is 1. The van der Waals surface area contributed by atoms with E-state index in [1.54, 1.807) is 0 Å². The zero-order valence-corrected chi connectivity index (χ0v) is 36.8. The quantitative estimate of drug-likeness (QED) is 0.0201. The Morgan fingerprint density at radius 2 is 0.965 bits per heavy atom. The molecule has 3 atom stereocenters. The molecule has 0 aromatic rings. The number of allylic oxidation sites excluding steroid dienone is 6. The van der Waals surface area contributed by atoms with Gasteiger partial charge in [0.2, 0.25) is 5.91 Å². The molecule has 0 radical (unpaired) electrons. The van der Waals surface area contributed by atoms with Crippen molar-refractivity contribution >= 4 is 25.7 Å². The van der Waals surface area contributed by atoms with Crippen molar-refractivity contribution in [1.29, 1.82) is 0 Å². The Bertz CT molecular complexity index is 1110. The van der Waals surface area contributed by atoms with Gasteiger partial charge in [-0.1, -0.05) is 172 Å². The van der Waals surface area contributed by atoms with Crippen molar-refractivity contribution in [3.05, 3.63) is 36.5 Å². The van der Waals surface area contributed by atoms with Gasteiger partial charge in [0.15, 0.2) is 6.04 Å². The molecule has 0 rings (SSSR count). The Kier molecular flexibility index (Phi) is 38.8. The number of carbonyl (C=O) groups excluding carboxylic acids is 2. The first-order valence-corrected chi connectivity index (χ1v) is 24.0. The standard InChI is InChI=1S/C45H82NO10P/c1-3-5-7-9-11-13-15-17-19-20-21-22-23-24-26-28-30-32-34-36-43(48)46-42(45(50)51)40-56-57(52,53)55-39-41(47)38-54-44(49)37-35-33-31-29-27-25-18-16-14-12-10-8-6-4-2/h11,13,17,19,21-22,41-42,47H,3-10,12,14-16,18,20,23-40H2,1-2H3,(H,46,48)(H,50,51)(H,52,53)/b13-11-,19-17-,22-21-. The van der Waals surface area contributed by atoms with Crippen molar-refractivity contribution in [2.24, 2.45) is 0 Å². The number of hydrogen-bond acceptors (Lipinski definition) is 8. The molecule has 0 aromatic carbocycles. The van der Waals surface area contributed by atoms with Gasteiger partial charge in [0, 0.05) is 12.8 Å². The van der Waals surface area contributed by atoms with Crippen LogP contribution in [0.5, 0.6) is 0 Å². The van der Waals surface area contributed by atoms with Crippen LogP contribution >= 0.6 is 7.82 Å². The molecule has 1 amide bonds. The monoisotopic (exact) mass is 828 g/mol. The van der Waals surface area contributed by atoms with Gasteiger partial charge < -0.3 is 25.2 Å². The smallest absolute Gasteiger partial charge is 0.472 e. The predicted octanol–water partition coefficient (Wildman–Crippen LogP) is 11.6. The van der Waals surface area contributed by atoms with E-state index in [1.165, 1.54) is 89.9 Å². The molecule has 0 aliphatic rings. The number of carbonyl (C=O) groups is 3. The highest BCUT2D eigenvalue weighted by atomic mass is 31.2. The van der Waals surface area contributed by atoms with Gasteiger partial charge in [0.05, 0.1) is 13.2 Å². The zero-order chi connectivity index (χ0) is 42.1. The average molecular weight is 828 g/mol. The number of carboxylic acids is 1.